The van der Waals surface area contributed by atoms with Crippen LogP contribution in [0.5, 0.6) is 11.5 Å². The normalized spacial score (nSPS) is 27.4. The predicted octanol–water partition coefficient (Wildman–Crippen LogP) is 5.73. The van der Waals surface area contributed by atoms with Crippen LogP contribution in [0.25, 0.3) is 0 Å². The third kappa shape index (κ3) is 4.57. The van der Waals surface area contributed by atoms with Crippen LogP contribution in [0.3, 0.4) is 0 Å². The number of imide groups is 1. The fourth-order valence-corrected chi connectivity index (χ4v) is 8.06. The van der Waals surface area contributed by atoms with Crippen molar-refractivity contribution >= 4 is 23.4 Å². The maximum atomic E-state index is 14.1. The third-order valence-electron chi connectivity index (χ3n) is 10.1. The van der Waals surface area contributed by atoms with Gasteiger partial charge in [-0.2, -0.15) is 0 Å². The van der Waals surface area contributed by atoms with Crippen molar-refractivity contribution < 1.29 is 29.0 Å². The molecule has 1 N–H and O–H groups in total. The number of amides is 2. The van der Waals surface area contributed by atoms with Crippen molar-refractivity contribution in [2.75, 3.05) is 0 Å². The summed E-state index contributed by atoms with van der Waals surface area (Å²) in [7, 11) is 0. The van der Waals surface area contributed by atoms with E-state index >= 15 is 0 Å². The second kappa shape index (κ2) is 10.8. The lowest BCUT2D eigenvalue weighted by molar-refractivity contribution is -0.143. The quantitative estimate of drug-likeness (QED) is 0.277. The Kier molecular flexibility index (Phi) is 6.91. The number of ketones is 2. The van der Waals surface area contributed by atoms with E-state index in [-0.39, 0.29) is 41.6 Å². The van der Waals surface area contributed by atoms with E-state index in [2.05, 4.69) is 0 Å². The van der Waals surface area contributed by atoms with Gasteiger partial charge in [-0.1, -0.05) is 67.3 Å². The van der Waals surface area contributed by atoms with E-state index in [0.29, 0.717) is 41.1 Å². The van der Waals surface area contributed by atoms with E-state index in [0.717, 1.165) is 43.2 Å². The molecule has 7 rings (SSSR count). The van der Waals surface area contributed by atoms with E-state index < -0.39 is 23.7 Å². The molecule has 5 aliphatic rings. The van der Waals surface area contributed by atoms with Crippen LogP contribution < -0.4 is 4.74 Å². The number of ether oxygens (including phenoxy) is 1. The van der Waals surface area contributed by atoms with Gasteiger partial charge >= 0.3 is 0 Å². The summed E-state index contributed by atoms with van der Waals surface area (Å²) in [6.07, 6.45) is 8.83. The standard InChI is InChI=1S/C36H35NO6/c1-20-16-30(39)33-28(34(20)40)18-27-24(14-15-26-32(27)36(42)37(35(26)41)22-10-6-3-7-11-22)31(33)25-13-12-23(17-29(25)38)43-19-21-8-4-2-5-9-21/h2,4-5,8-9,12-14,16-17,22,26-27,31-32,38H,3,6-7,10-11,15,18-19H2,1H3/t26-,27+,31+,32-/m0/s1. The van der Waals surface area contributed by atoms with Crippen molar-refractivity contribution in [1.82, 2.24) is 4.90 Å². The Morgan fingerprint density at radius 2 is 1.70 bits per heavy atom. The number of fused-ring (bicyclic) bond motifs is 3. The minimum atomic E-state index is -0.690. The number of likely N-dealkylation sites (tertiary alicyclic amines) is 1. The van der Waals surface area contributed by atoms with Crippen molar-refractivity contribution in [3.05, 3.63) is 94.1 Å². The molecule has 0 spiro atoms. The van der Waals surface area contributed by atoms with Gasteiger partial charge in [0, 0.05) is 40.3 Å². The Morgan fingerprint density at radius 1 is 0.930 bits per heavy atom. The Bertz CT molecular complexity index is 1630. The molecule has 1 saturated carbocycles. The fraction of sp³-hybridized carbons (Fsp3) is 0.389. The summed E-state index contributed by atoms with van der Waals surface area (Å²) in [5, 5.41) is 11.3. The van der Waals surface area contributed by atoms with Crippen LogP contribution in [0.4, 0.5) is 0 Å². The van der Waals surface area contributed by atoms with Crippen LogP contribution >= 0.6 is 0 Å². The minimum Gasteiger partial charge on any atom is -0.507 e. The molecule has 7 nitrogen and oxygen atoms in total. The number of hydrogen-bond donors (Lipinski definition) is 1. The van der Waals surface area contributed by atoms with Gasteiger partial charge in [0.05, 0.1) is 11.8 Å². The van der Waals surface area contributed by atoms with Crippen molar-refractivity contribution in [2.45, 2.75) is 70.4 Å². The Hall–Kier alpha value is -4.26. The van der Waals surface area contributed by atoms with E-state index in [4.69, 9.17) is 4.74 Å². The number of allylic oxidation sites excluding steroid dienone is 6. The lowest BCUT2D eigenvalue weighted by atomic mass is 9.59. The number of rotatable bonds is 5. The first kappa shape index (κ1) is 27.6. The summed E-state index contributed by atoms with van der Waals surface area (Å²) < 4.78 is 5.93. The van der Waals surface area contributed by atoms with Crippen LogP contribution in [0.15, 0.2) is 83.0 Å². The zero-order chi connectivity index (χ0) is 29.8. The van der Waals surface area contributed by atoms with Gasteiger partial charge in [0.25, 0.3) is 0 Å². The van der Waals surface area contributed by atoms with E-state index in [1.165, 1.54) is 6.08 Å². The van der Waals surface area contributed by atoms with Crippen molar-refractivity contribution in [3.8, 4) is 11.5 Å². The molecule has 1 heterocycles. The zero-order valence-electron chi connectivity index (χ0n) is 24.3. The first-order valence-corrected chi connectivity index (χ1v) is 15.4. The Labute approximate surface area is 250 Å². The maximum absolute atomic E-state index is 14.1. The first-order chi connectivity index (χ1) is 20.8. The molecule has 1 aliphatic heterocycles. The number of phenolic OH excluding ortho intramolecular Hbond substituents is 1. The highest BCUT2D eigenvalue weighted by atomic mass is 16.5. The van der Waals surface area contributed by atoms with Crippen molar-refractivity contribution in [3.63, 3.8) is 0 Å². The zero-order valence-corrected chi connectivity index (χ0v) is 24.3. The lowest BCUT2D eigenvalue weighted by Crippen LogP contribution is -2.43. The molecule has 1 saturated heterocycles. The molecule has 4 aliphatic carbocycles. The molecule has 0 radical (unpaired) electrons. The molecule has 2 aromatic rings. The highest BCUT2D eigenvalue weighted by Gasteiger charge is 2.57. The predicted molar refractivity (Wildman–Crippen MR) is 159 cm³/mol. The number of phenols is 1. The Morgan fingerprint density at radius 3 is 2.44 bits per heavy atom. The maximum Gasteiger partial charge on any atom is 0.233 e. The van der Waals surface area contributed by atoms with Gasteiger partial charge in [0.2, 0.25) is 11.8 Å². The number of nitrogens with zero attached hydrogens (tertiary/aromatic N) is 1. The average molecular weight is 578 g/mol. The van der Waals surface area contributed by atoms with E-state index in [1.807, 2.05) is 36.4 Å². The lowest BCUT2D eigenvalue weighted by Gasteiger charge is -2.42. The second-order valence-electron chi connectivity index (χ2n) is 12.6. The highest BCUT2D eigenvalue weighted by Crippen LogP contribution is 2.56. The summed E-state index contributed by atoms with van der Waals surface area (Å²) in [6, 6.07) is 14.7. The fourth-order valence-electron chi connectivity index (χ4n) is 8.06. The van der Waals surface area contributed by atoms with Gasteiger partial charge in [-0.05, 0) is 56.2 Å². The molecule has 2 fully saturated rings. The minimum absolute atomic E-state index is 0.0460. The molecule has 2 amide bonds. The topological polar surface area (TPSA) is 101 Å². The van der Waals surface area contributed by atoms with E-state index in [1.54, 1.807) is 30.0 Å². The summed E-state index contributed by atoms with van der Waals surface area (Å²) in [4.78, 5) is 56.3. The van der Waals surface area contributed by atoms with Crippen LogP contribution in [-0.2, 0) is 25.8 Å². The molecule has 43 heavy (non-hydrogen) atoms. The molecule has 0 unspecified atom stereocenters. The number of benzene rings is 2. The highest BCUT2D eigenvalue weighted by molar-refractivity contribution is 6.23. The largest absolute Gasteiger partial charge is 0.507 e. The van der Waals surface area contributed by atoms with Crippen LogP contribution in [0.1, 0.15) is 68.9 Å². The first-order valence-electron chi connectivity index (χ1n) is 15.4. The molecule has 7 heteroatoms. The number of carbonyl (C=O) groups excluding carboxylic acids is 4. The van der Waals surface area contributed by atoms with Crippen molar-refractivity contribution in [1.29, 1.82) is 0 Å². The molecule has 0 aromatic heterocycles. The van der Waals surface area contributed by atoms with Crippen LogP contribution in [0.2, 0.25) is 0 Å². The van der Waals surface area contributed by atoms with Gasteiger partial charge < -0.3 is 9.84 Å². The summed E-state index contributed by atoms with van der Waals surface area (Å²) in [5.74, 6) is -2.39. The van der Waals surface area contributed by atoms with Gasteiger partial charge in [-0.3, -0.25) is 24.1 Å². The van der Waals surface area contributed by atoms with Crippen LogP contribution in [-0.4, -0.2) is 39.4 Å². The number of Topliss-reactive ketones (excluding diaryl/α,β-unsaturated/α-hetero) is 1. The molecular formula is C36H35NO6. The van der Waals surface area contributed by atoms with Crippen molar-refractivity contribution in [2.24, 2.45) is 17.8 Å². The SMILES string of the molecule is CC1=CC(=O)C2=C(C[C@@H]3C(=CC[C@@H]4C(=O)N(C5CCCCC5)C(=O)[C@@H]43)[C@@H]2c2ccc(OCc3ccccc3)cc2O)C1=O. The Balaban J connectivity index is 1.26. The molecule has 4 atom stereocenters. The number of hydrogen-bond acceptors (Lipinski definition) is 6. The van der Waals surface area contributed by atoms with Gasteiger partial charge in [-0.25, -0.2) is 0 Å². The van der Waals surface area contributed by atoms with Gasteiger partial charge in [0.15, 0.2) is 11.6 Å². The molecule has 0 bridgehead atoms. The summed E-state index contributed by atoms with van der Waals surface area (Å²) in [6.45, 7) is 1.97. The summed E-state index contributed by atoms with van der Waals surface area (Å²) in [5.41, 5.74) is 3.46. The van der Waals surface area contributed by atoms with E-state index in [9.17, 15) is 24.3 Å². The monoisotopic (exact) mass is 577 g/mol. The number of aromatic hydroxyl groups is 1. The average Bonchev–Trinajstić information content (AvgIpc) is 3.28. The molecule has 220 valence electrons. The molecule has 2 aromatic carbocycles. The van der Waals surface area contributed by atoms with Crippen LogP contribution in [0, 0.1) is 17.8 Å². The smallest absolute Gasteiger partial charge is 0.233 e. The summed E-state index contributed by atoms with van der Waals surface area (Å²) >= 11 is 0. The third-order valence-corrected chi connectivity index (χ3v) is 10.1. The number of carbonyl (C=O) groups is 4. The van der Waals surface area contributed by atoms with Gasteiger partial charge in [-0.15, -0.1) is 0 Å². The second-order valence-corrected chi connectivity index (χ2v) is 12.6. The van der Waals surface area contributed by atoms with Gasteiger partial charge in [0.1, 0.15) is 18.1 Å². The molecular weight excluding hydrogens is 542 g/mol.